The number of aliphatic hydroxyl groups is 2. The second-order valence-corrected chi connectivity index (χ2v) is 14.5. The Kier molecular flexibility index (Phi) is 35.9. The molecule has 3 unspecified atom stereocenters. The number of carbonyl (C=O) groups is 3. The molecule has 0 fully saturated rings. The fraction of sp³-hybridized carbons (Fsp3) is 0.929. The molecule has 0 heterocycles. The molecule has 0 spiro atoms. The summed E-state index contributed by atoms with van der Waals surface area (Å²) in [5.41, 5.74) is 0. The van der Waals surface area contributed by atoms with Crippen LogP contribution in [0.25, 0.3) is 0 Å². The van der Waals surface area contributed by atoms with E-state index in [0.717, 1.165) is 57.8 Å². The summed E-state index contributed by atoms with van der Waals surface area (Å²) in [6, 6.07) is 0. The Hall–Kier alpha value is -1.67. The van der Waals surface area contributed by atoms with Crippen molar-refractivity contribution in [1.29, 1.82) is 0 Å². The fourth-order valence-electron chi connectivity index (χ4n) is 6.28. The van der Waals surface area contributed by atoms with Crippen LogP contribution in [0.2, 0.25) is 0 Å². The molecule has 0 saturated heterocycles. The first-order valence-electron chi connectivity index (χ1n) is 21.2. The monoisotopic (exact) mass is 713 g/mol. The van der Waals surface area contributed by atoms with Crippen LogP contribution in [0.1, 0.15) is 220 Å². The van der Waals surface area contributed by atoms with Crippen molar-refractivity contribution in [2.75, 3.05) is 13.2 Å². The van der Waals surface area contributed by atoms with Gasteiger partial charge in [-0.3, -0.25) is 14.4 Å². The summed E-state index contributed by atoms with van der Waals surface area (Å²) >= 11 is 0. The molecule has 0 aliphatic carbocycles. The summed E-state index contributed by atoms with van der Waals surface area (Å²) in [6.07, 6.45) is 27.9. The maximum atomic E-state index is 12.9. The van der Waals surface area contributed by atoms with Crippen LogP contribution in [0.5, 0.6) is 0 Å². The van der Waals surface area contributed by atoms with Gasteiger partial charge in [-0.25, -0.2) is 0 Å². The Morgan fingerprint density at radius 1 is 0.440 bits per heavy atom. The molecule has 0 aromatic heterocycles. The van der Waals surface area contributed by atoms with Crippen LogP contribution in [0.15, 0.2) is 0 Å². The highest BCUT2D eigenvalue weighted by molar-refractivity contribution is 5.71. The largest absolute Gasteiger partial charge is 0.462 e. The molecule has 3 atom stereocenters. The summed E-state index contributed by atoms with van der Waals surface area (Å²) in [5, 5.41) is 19.9. The zero-order valence-corrected chi connectivity index (χ0v) is 32.9. The minimum atomic E-state index is -1.17. The molecule has 0 bridgehead atoms. The minimum Gasteiger partial charge on any atom is -0.462 e. The van der Waals surface area contributed by atoms with E-state index in [1.807, 2.05) is 0 Å². The van der Waals surface area contributed by atoms with Crippen molar-refractivity contribution in [3.8, 4) is 0 Å². The van der Waals surface area contributed by atoms with Crippen LogP contribution in [-0.2, 0) is 28.6 Å². The highest BCUT2D eigenvalue weighted by atomic mass is 16.6. The van der Waals surface area contributed by atoms with E-state index in [4.69, 9.17) is 14.2 Å². The quantitative estimate of drug-likeness (QED) is 0.0369. The Bertz CT molecular complexity index is 773. The average molecular weight is 713 g/mol. The van der Waals surface area contributed by atoms with Crippen molar-refractivity contribution >= 4 is 17.9 Å². The topological polar surface area (TPSA) is 119 Å². The molecule has 2 N–H and O–H groups in total. The number of unbranched alkanes of at least 4 members (excludes halogenated alkanes) is 24. The van der Waals surface area contributed by atoms with Crippen LogP contribution < -0.4 is 0 Å². The molecule has 0 rings (SSSR count). The molecule has 0 radical (unpaired) electrons. The zero-order chi connectivity index (χ0) is 36.9. The van der Waals surface area contributed by atoms with E-state index >= 15 is 0 Å². The van der Waals surface area contributed by atoms with Crippen molar-refractivity contribution in [2.45, 2.75) is 238 Å². The van der Waals surface area contributed by atoms with Gasteiger partial charge in [0.05, 0.1) is 12.7 Å². The number of aliphatic hydroxyl groups excluding tert-OH is 2. The van der Waals surface area contributed by atoms with Crippen LogP contribution >= 0.6 is 0 Å². The number of hydrogen-bond acceptors (Lipinski definition) is 8. The van der Waals surface area contributed by atoms with Gasteiger partial charge in [-0.1, -0.05) is 175 Å². The Morgan fingerprint density at radius 3 is 1.08 bits per heavy atom. The van der Waals surface area contributed by atoms with E-state index in [2.05, 4.69) is 20.8 Å². The van der Waals surface area contributed by atoms with E-state index in [1.165, 1.54) is 103 Å². The van der Waals surface area contributed by atoms with E-state index in [9.17, 15) is 24.6 Å². The zero-order valence-electron chi connectivity index (χ0n) is 32.9. The summed E-state index contributed by atoms with van der Waals surface area (Å²) in [4.78, 5) is 38.5. The first kappa shape index (κ1) is 48.3. The molecular formula is C42H80O8. The van der Waals surface area contributed by atoms with Gasteiger partial charge in [-0.2, -0.15) is 0 Å². The van der Waals surface area contributed by atoms with Gasteiger partial charge in [0, 0.05) is 25.7 Å². The lowest BCUT2D eigenvalue weighted by Crippen LogP contribution is -2.41. The molecule has 0 aromatic rings. The van der Waals surface area contributed by atoms with Crippen LogP contribution in [0.4, 0.5) is 0 Å². The van der Waals surface area contributed by atoms with E-state index < -0.39 is 36.9 Å². The Morgan fingerprint density at radius 2 is 0.740 bits per heavy atom. The average Bonchev–Trinajstić information content (AvgIpc) is 3.10. The van der Waals surface area contributed by atoms with Gasteiger partial charge in [0.15, 0.2) is 6.10 Å². The molecule has 0 amide bonds. The maximum Gasteiger partial charge on any atom is 0.306 e. The number of rotatable bonds is 38. The van der Waals surface area contributed by atoms with E-state index in [1.54, 1.807) is 0 Å². The lowest BCUT2D eigenvalue weighted by atomic mass is 10.1. The molecule has 8 heteroatoms. The molecule has 296 valence electrons. The van der Waals surface area contributed by atoms with Crippen molar-refractivity contribution in [1.82, 2.24) is 0 Å². The highest BCUT2D eigenvalue weighted by Gasteiger charge is 2.32. The van der Waals surface area contributed by atoms with Gasteiger partial charge >= 0.3 is 17.9 Å². The van der Waals surface area contributed by atoms with Gasteiger partial charge in [-0.15, -0.1) is 0 Å². The molecule has 0 aliphatic heterocycles. The standard InChI is InChI=1S/C42H80O8/c1-4-7-10-13-16-19-22-25-28-31-40(45)48-36-39(50-42(47)33-30-27-24-21-18-15-12-9-6-3)38(34-37(44)35-43)49-41(46)32-29-26-23-20-17-14-11-8-5-2/h37-39,43-44H,4-36H2,1-3H3. The van der Waals surface area contributed by atoms with Crippen LogP contribution in [0, 0.1) is 0 Å². The lowest BCUT2D eigenvalue weighted by Gasteiger charge is -2.28. The van der Waals surface area contributed by atoms with Gasteiger partial charge < -0.3 is 24.4 Å². The van der Waals surface area contributed by atoms with Gasteiger partial charge in [0.1, 0.15) is 12.7 Å². The number of hydrogen-bond donors (Lipinski definition) is 2. The predicted octanol–water partition coefficient (Wildman–Crippen LogP) is 10.9. The van der Waals surface area contributed by atoms with E-state index in [0.29, 0.717) is 12.8 Å². The third-order valence-corrected chi connectivity index (χ3v) is 9.56. The molecule has 0 saturated carbocycles. The maximum absolute atomic E-state index is 12.9. The smallest absolute Gasteiger partial charge is 0.306 e. The number of ether oxygens (including phenoxy) is 3. The third-order valence-electron chi connectivity index (χ3n) is 9.56. The molecular weight excluding hydrogens is 632 g/mol. The third kappa shape index (κ3) is 32.3. The summed E-state index contributed by atoms with van der Waals surface area (Å²) in [6.45, 7) is 5.86. The fourth-order valence-corrected chi connectivity index (χ4v) is 6.28. The van der Waals surface area contributed by atoms with Gasteiger partial charge in [0.2, 0.25) is 0 Å². The normalized spacial score (nSPS) is 13.1. The summed E-state index contributed by atoms with van der Waals surface area (Å²) in [7, 11) is 0. The number of carbonyl (C=O) groups excluding carboxylic acids is 3. The predicted molar refractivity (Wildman–Crippen MR) is 204 cm³/mol. The highest BCUT2D eigenvalue weighted by Crippen LogP contribution is 2.19. The van der Waals surface area contributed by atoms with Crippen molar-refractivity contribution in [2.24, 2.45) is 0 Å². The Balaban J connectivity index is 5.01. The first-order chi connectivity index (χ1) is 24.4. The molecule has 50 heavy (non-hydrogen) atoms. The van der Waals surface area contributed by atoms with Crippen molar-refractivity contribution in [3.05, 3.63) is 0 Å². The van der Waals surface area contributed by atoms with Crippen LogP contribution in [-0.4, -0.2) is 59.6 Å². The molecule has 0 aliphatic rings. The van der Waals surface area contributed by atoms with Crippen molar-refractivity contribution in [3.63, 3.8) is 0 Å². The molecule has 0 aromatic carbocycles. The van der Waals surface area contributed by atoms with Gasteiger partial charge in [-0.05, 0) is 19.3 Å². The van der Waals surface area contributed by atoms with E-state index in [-0.39, 0.29) is 38.3 Å². The summed E-state index contributed by atoms with van der Waals surface area (Å²) in [5.74, 6) is -1.26. The van der Waals surface area contributed by atoms with Gasteiger partial charge in [0.25, 0.3) is 0 Å². The second-order valence-electron chi connectivity index (χ2n) is 14.5. The second kappa shape index (κ2) is 37.1. The SMILES string of the molecule is CCCCCCCCCCCC(=O)OCC(OC(=O)CCCCCCCCCCC)C(CC(O)CO)OC(=O)CCCCCCCCCCC. The molecule has 8 nitrogen and oxygen atoms in total. The Labute approximate surface area is 307 Å². The minimum absolute atomic E-state index is 0.119. The van der Waals surface area contributed by atoms with Crippen LogP contribution in [0.3, 0.4) is 0 Å². The first-order valence-corrected chi connectivity index (χ1v) is 21.2. The lowest BCUT2D eigenvalue weighted by molar-refractivity contribution is -0.178. The van der Waals surface area contributed by atoms with Crippen molar-refractivity contribution < 1.29 is 38.8 Å². The number of esters is 3. The summed E-state index contributed by atoms with van der Waals surface area (Å²) < 4.78 is 17.1.